The summed E-state index contributed by atoms with van der Waals surface area (Å²) >= 11 is 0. The van der Waals surface area contributed by atoms with Gasteiger partial charge in [0.25, 0.3) is 0 Å². The number of rotatable bonds is 5. The van der Waals surface area contributed by atoms with Crippen LogP contribution in [0.3, 0.4) is 0 Å². The first-order valence-corrected chi connectivity index (χ1v) is 5.81. The maximum Gasteiger partial charge on any atom is 0.305 e. The van der Waals surface area contributed by atoms with Crippen LogP contribution in [0.1, 0.15) is 5.76 Å². The second-order valence-electron chi connectivity index (χ2n) is 3.74. The maximum atomic E-state index is 11.5. The predicted molar refractivity (Wildman–Crippen MR) is 71.0 cm³/mol. The zero-order valence-corrected chi connectivity index (χ0v) is 10.3. The molecule has 1 N–H and O–H groups in total. The Kier molecular flexibility index (Phi) is 4.64. The van der Waals surface area contributed by atoms with Crippen LogP contribution >= 0.6 is 0 Å². The number of pyridine rings is 1. The molecular formula is C14H14N3O2+. The number of hydrogen-bond acceptors (Lipinski definition) is 3. The monoisotopic (exact) mass is 256 g/mol. The van der Waals surface area contributed by atoms with Gasteiger partial charge in [-0.05, 0) is 24.3 Å². The van der Waals surface area contributed by atoms with Crippen LogP contribution in [0.15, 0.2) is 64.6 Å². The van der Waals surface area contributed by atoms with Crippen molar-refractivity contribution in [2.75, 3.05) is 0 Å². The fourth-order valence-electron chi connectivity index (χ4n) is 1.42. The van der Waals surface area contributed by atoms with E-state index < -0.39 is 0 Å². The van der Waals surface area contributed by atoms with Gasteiger partial charge in [0.15, 0.2) is 12.4 Å². The molecule has 5 nitrogen and oxygen atoms in total. The number of hydrazone groups is 1. The summed E-state index contributed by atoms with van der Waals surface area (Å²) in [4.78, 5) is 11.5. The van der Waals surface area contributed by atoms with E-state index in [2.05, 4.69) is 10.5 Å². The molecule has 2 heterocycles. The first-order valence-electron chi connectivity index (χ1n) is 5.81. The van der Waals surface area contributed by atoms with Crippen LogP contribution in [-0.2, 0) is 11.3 Å². The van der Waals surface area contributed by atoms with Crippen molar-refractivity contribution in [1.29, 1.82) is 0 Å². The average Bonchev–Trinajstić information content (AvgIpc) is 2.92. The summed E-state index contributed by atoms with van der Waals surface area (Å²) in [5, 5.41) is 3.80. The van der Waals surface area contributed by atoms with Gasteiger partial charge in [0.05, 0.1) is 6.26 Å². The van der Waals surface area contributed by atoms with E-state index >= 15 is 0 Å². The Morgan fingerprint density at radius 2 is 2.16 bits per heavy atom. The Morgan fingerprint density at radius 1 is 1.32 bits per heavy atom. The van der Waals surface area contributed by atoms with E-state index in [0.717, 1.165) is 5.76 Å². The van der Waals surface area contributed by atoms with Gasteiger partial charge in [-0.15, -0.1) is 0 Å². The number of carbonyl (C=O) groups excluding carboxylic acids is 1. The van der Waals surface area contributed by atoms with Crippen molar-refractivity contribution in [2.45, 2.75) is 6.54 Å². The first kappa shape index (κ1) is 12.8. The minimum atomic E-state index is -0.182. The molecule has 0 aliphatic heterocycles. The largest absolute Gasteiger partial charge is 0.465 e. The maximum absolute atomic E-state index is 11.5. The summed E-state index contributed by atoms with van der Waals surface area (Å²) in [7, 11) is 0. The van der Waals surface area contributed by atoms with Crippen molar-refractivity contribution in [3.8, 4) is 0 Å². The van der Waals surface area contributed by atoms with E-state index in [9.17, 15) is 4.79 Å². The lowest BCUT2D eigenvalue weighted by Gasteiger charge is -1.95. The van der Waals surface area contributed by atoms with Crippen LogP contribution in [0, 0.1) is 0 Å². The third kappa shape index (κ3) is 4.59. The molecule has 1 amide bonds. The smallest absolute Gasteiger partial charge is 0.305 e. The Labute approximate surface area is 110 Å². The minimum Gasteiger partial charge on any atom is -0.465 e. The molecule has 0 atom stereocenters. The van der Waals surface area contributed by atoms with Crippen LogP contribution in [0.25, 0.3) is 6.08 Å². The third-order valence-corrected chi connectivity index (χ3v) is 2.26. The highest BCUT2D eigenvalue weighted by Gasteiger charge is 2.05. The molecular weight excluding hydrogens is 242 g/mol. The number of amides is 1. The quantitative estimate of drug-likeness (QED) is 0.499. The number of aromatic nitrogens is 1. The second kappa shape index (κ2) is 6.90. The summed E-state index contributed by atoms with van der Waals surface area (Å²) in [5.74, 6) is 0.552. The summed E-state index contributed by atoms with van der Waals surface area (Å²) in [5.41, 5.74) is 2.44. The van der Waals surface area contributed by atoms with E-state index in [1.807, 2.05) is 36.7 Å². The number of nitrogens with one attached hydrogen (secondary N) is 1. The molecule has 2 aromatic heterocycles. The molecule has 0 aliphatic carbocycles. The van der Waals surface area contributed by atoms with Gasteiger partial charge in [-0.3, -0.25) is 4.79 Å². The van der Waals surface area contributed by atoms with E-state index in [4.69, 9.17) is 4.42 Å². The number of furan rings is 1. The SMILES string of the molecule is O=C(C[n+]1ccccc1)N/N=C\C=C\c1ccco1. The van der Waals surface area contributed by atoms with Crippen LogP contribution in [-0.4, -0.2) is 12.1 Å². The van der Waals surface area contributed by atoms with Crippen molar-refractivity contribution < 1.29 is 13.8 Å². The number of allylic oxidation sites excluding steroid dienone is 1. The highest BCUT2D eigenvalue weighted by atomic mass is 16.3. The fourth-order valence-corrected chi connectivity index (χ4v) is 1.42. The van der Waals surface area contributed by atoms with Gasteiger partial charge in [0.1, 0.15) is 5.76 Å². The number of carbonyl (C=O) groups is 1. The van der Waals surface area contributed by atoms with Crippen LogP contribution in [0.2, 0.25) is 0 Å². The fraction of sp³-hybridized carbons (Fsp3) is 0.0714. The Hall–Kier alpha value is -2.69. The molecule has 96 valence electrons. The lowest BCUT2D eigenvalue weighted by molar-refractivity contribution is -0.684. The molecule has 0 spiro atoms. The highest BCUT2D eigenvalue weighted by molar-refractivity contribution is 5.80. The molecule has 2 aromatic rings. The van der Waals surface area contributed by atoms with Gasteiger partial charge in [-0.2, -0.15) is 9.67 Å². The van der Waals surface area contributed by atoms with Gasteiger partial charge in [0.2, 0.25) is 6.54 Å². The summed E-state index contributed by atoms with van der Waals surface area (Å²) in [6.07, 6.45) is 10.2. The Morgan fingerprint density at radius 3 is 2.89 bits per heavy atom. The topological polar surface area (TPSA) is 58.5 Å². The van der Waals surface area contributed by atoms with Crippen LogP contribution in [0.5, 0.6) is 0 Å². The predicted octanol–water partition coefficient (Wildman–Crippen LogP) is 1.38. The standard InChI is InChI=1S/C14H13N3O2/c18-14(12-17-9-2-1-3-10-17)16-15-8-4-6-13-7-5-11-19-13/h1-11H,12H2/p+1/b6-4+,15-8-. The molecule has 0 radical (unpaired) electrons. The van der Waals surface area contributed by atoms with Gasteiger partial charge in [-0.1, -0.05) is 6.07 Å². The van der Waals surface area contributed by atoms with Gasteiger partial charge >= 0.3 is 5.91 Å². The van der Waals surface area contributed by atoms with Crippen molar-refractivity contribution in [1.82, 2.24) is 5.43 Å². The molecule has 0 saturated carbocycles. The van der Waals surface area contributed by atoms with Crippen LogP contribution < -0.4 is 9.99 Å². The van der Waals surface area contributed by atoms with Crippen molar-refractivity contribution in [3.05, 3.63) is 60.8 Å². The van der Waals surface area contributed by atoms with E-state index in [1.54, 1.807) is 29.0 Å². The normalized spacial score (nSPS) is 11.2. The average molecular weight is 256 g/mol. The molecule has 0 aromatic carbocycles. The summed E-state index contributed by atoms with van der Waals surface area (Å²) in [6, 6.07) is 9.25. The lowest BCUT2D eigenvalue weighted by Crippen LogP contribution is -2.40. The Bertz CT molecular complexity index is 560. The molecule has 2 rings (SSSR count). The number of nitrogens with zero attached hydrogens (tertiary/aromatic N) is 2. The van der Waals surface area contributed by atoms with Crippen molar-refractivity contribution in [2.24, 2.45) is 5.10 Å². The molecule has 0 unspecified atom stereocenters. The molecule has 5 heteroatoms. The van der Waals surface area contributed by atoms with Gasteiger partial charge in [0, 0.05) is 18.3 Å². The first-order chi connectivity index (χ1) is 9.34. The molecule has 0 saturated heterocycles. The zero-order valence-electron chi connectivity index (χ0n) is 10.3. The van der Waals surface area contributed by atoms with E-state index in [0.29, 0.717) is 0 Å². The lowest BCUT2D eigenvalue weighted by atomic mass is 10.4. The van der Waals surface area contributed by atoms with E-state index in [-0.39, 0.29) is 12.5 Å². The van der Waals surface area contributed by atoms with Crippen molar-refractivity contribution in [3.63, 3.8) is 0 Å². The summed E-state index contributed by atoms with van der Waals surface area (Å²) < 4.78 is 6.87. The van der Waals surface area contributed by atoms with E-state index in [1.165, 1.54) is 6.21 Å². The van der Waals surface area contributed by atoms with Gasteiger partial charge in [-0.25, -0.2) is 5.43 Å². The zero-order chi connectivity index (χ0) is 13.3. The van der Waals surface area contributed by atoms with Crippen molar-refractivity contribution >= 4 is 18.2 Å². The molecule has 0 bridgehead atoms. The minimum absolute atomic E-state index is 0.182. The van der Waals surface area contributed by atoms with Crippen LogP contribution in [0.4, 0.5) is 0 Å². The van der Waals surface area contributed by atoms with Gasteiger partial charge < -0.3 is 4.42 Å². The third-order valence-electron chi connectivity index (χ3n) is 2.26. The number of hydrogen-bond donors (Lipinski definition) is 1. The molecule has 19 heavy (non-hydrogen) atoms. The molecule has 0 fully saturated rings. The summed E-state index contributed by atoms with van der Waals surface area (Å²) in [6.45, 7) is 0.236. The highest BCUT2D eigenvalue weighted by Crippen LogP contribution is 2.00. The Balaban J connectivity index is 1.74. The second-order valence-corrected chi connectivity index (χ2v) is 3.74. The molecule has 0 aliphatic rings.